The van der Waals surface area contributed by atoms with Crippen LogP contribution in [0.5, 0.6) is 5.75 Å². The molecule has 0 aliphatic heterocycles. The minimum Gasteiger partial charge on any atom is -0.509 e. The molecule has 6 nitrogen and oxygen atoms in total. The molecular formula is C7H13BN2O4. The third-order valence-electron chi connectivity index (χ3n) is 1.40. The lowest BCUT2D eigenvalue weighted by atomic mass is 10.1. The van der Waals surface area contributed by atoms with Gasteiger partial charge in [0.05, 0.1) is 24.5 Å². The molecule has 78 valence electrons. The van der Waals surface area contributed by atoms with E-state index in [2.05, 4.69) is 9.75 Å². The lowest BCUT2D eigenvalue weighted by Gasteiger charge is -2.16. The molecule has 0 saturated carbocycles. The van der Waals surface area contributed by atoms with Crippen LogP contribution in [0.4, 0.5) is 0 Å². The topological polar surface area (TPSA) is 87.7 Å². The van der Waals surface area contributed by atoms with Crippen molar-refractivity contribution in [3.63, 3.8) is 0 Å². The van der Waals surface area contributed by atoms with Gasteiger partial charge in [-0.1, -0.05) is 0 Å². The van der Waals surface area contributed by atoms with Gasteiger partial charge in [-0.25, -0.2) is 0 Å². The van der Waals surface area contributed by atoms with Gasteiger partial charge in [0.25, 0.3) is 0 Å². The standard InChI is InChI=1S/C7H13BN2O4/c1-7(2,11)5-10-4-6(3-9-10)14-8(12)13/h3-4,11-13H,5H2,1-2H3. The van der Waals surface area contributed by atoms with Crippen molar-refractivity contribution in [2.45, 2.75) is 26.0 Å². The van der Waals surface area contributed by atoms with Crippen molar-refractivity contribution in [2.24, 2.45) is 0 Å². The van der Waals surface area contributed by atoms with Crippen LogP contribution in [0.15, 0.2) is 12.4 Å². The molecule has 0 saturated heterocycles. The summed E-state index contributed by atoms with van der Waals surface area (Å²) in [5.74, 6) is 0.240. The van der Waals surface area contributed by atoms with E-state index in [-0.39, 0.29) is 5.75 Å². The van der Waals surface area contributed by atoms with E-state index in [0.717, 1.165) is 0 Å². The zero-order chi connectivity index (χ0) is 10.8. The van der Waals surface area contributed by atoms with E-state index in [4.69, 9.17) is 10.0 Å². The fourth-order valence-corrected chi connectivity index (χ4v) is 1.01. The van der Waals surface area contributed by atoms with Gasteiger partial charge in [-0.3, -0.25) is 4.68 Å². The summed E-state index contributed by atoms with van der Waals surface area (Å²) in [7, 11) is -1.85. The first-order valence-electron chi connectivity index (χ1n) is 4.14. The van der Waals surface area contributed by atoms with Gasteiger partial charge in [0.1, 0.15) is 5.75 Å². The summed E-state index contributed by atoms with van der Waals surface area (Å²) < 4.78 is 6.01. The molecule has 14 heavy (non-hydrogen) atoms. The Morgan fingerprint density at radius 1 is 1.57 bits per heavy atom. The van der Waals surface area contributed by atoms with Gasteiger partial charge in [0.2, 0.25) is 0 Å². The number of nitrogens with zero attached hydrogens (tertiary/aromatic N) is 2. The quantitative estimate of drug-likeness (QED) is 0.542. The highest BCUT2D eigenvalue weighted by molar-refractivity contribution is 6.33. The molecule has 0 amide bonds. The maximum Gasteiger partial charge on any atom is 0.707 e. The van der Waals surface area contributed by atoms with Crippen LogP contribution in [0, 0.1) is 0 Å². The summed E-state index contributed by atoms with van der Waals surface area (Å²) >= 11 is 0. The van der Waals surface area contributed by atoms with Crippen LogP contribution in [-0.4, -0.2) is 37.9 Å². The van der Waals surface area contributed by atoms with E-state index in [1.807, 2.05) is 0 Å². The molecular weight excluding hydrogens is 187 g/mol. The number of aromatic nitrogens is 2. The van der Waals surface area contributed by atoms with Crippen molar-refractivity contribution >= 4 is 7.32 Å². The van der Waals surface area contributed by atoms with Gasteiger partial charge in [-0.05, 0) is 13.8 Å². The Balaban J connectivity index is 2.60. The molecule has 1 heterocycles. The van der Waals surface area contributed by atoms with Crippen molar-refractivity contribution in [1.29, 1.82) is 0 Å². The Morgan fingerprint density at radius 3 is 2.71 bits per heavy atom. The second kappa shape index (κ2) is 3.99. The van der Waals surface area contributed by atoms with Gasteiger partial charge in [-0.2, -0.15) is 5.10 Å². The molecule has 0 fully saturated rings. The summed E-state index contributed by atoms with van der Waals surface area (Å²) in [6, 6.07) is 0. The minimum atomic E-state index is -1.85. The number of hydrogen-bond acceptors (Lipinski definition) is 5. The Kier molecular flexibility index (Phi) is 3.15. The monoisotopic (exact) mass is 200 g/mol. The van der Waals surface area contributed by atoms with Crippen LogP contribution in [0.3, 0.4) is 0 Å². The average molecular weight is 200 g/mol. The van der Waals surface area contributed by atoms with Crippen molar-refractivity contribution < 1.29 is 19.8 Å². The van der Waals surface area contributed by atoms with Crippen LogP contribution in [0.2, 0.25) is 0 Å². The Labute approximate surface area is 81.9 Å². The molecule has 0 aliphatic carbocycles. The first-order chi connectivity index (χ1) is 6.37. The maximum atomic E-state index is 9.46. The number of hydrogen-bond donors (Lipinski definition) is 3. The Bertz CT molecular complexity index is 294. The zero-order valence-corrected chi connectivity index (χ0v) is 8.08. The predicted octanol–water partition coefficient (Wildman–Crippen LogP) is -0.998. The molecule has 0 bridgehead atoms. The molecule has 0 unspecified atom stereocenters. The average Bonchev–Trinajstić information content (AvgIpc) is 2.30. The van der Waals surface area contributed by atoms with Gasteiger partial charge in [0, 0.05) is 0 Å². The van der Waals surface area contributed by atoms with E-state index in [1.165, 1.54) is 17.1 Å². The fraction of sp³-hybridized carbons (Fsp3) is 0.571. The van der Waals surface area contributed by atoms with E-state index >= 15 is 0 Å². The molecule has 0 aromatic carbocycles. The molecule has 0 radical (unpaired) electrons. The first kappa shape index (κ1) is 11.0. The van der Waals surface area contributed by atoms with Crippen LogP contribution < -0.4 is 4.65 Å². The molecule has 0 aliphatic rings. The van der Waals surface area contributed by atoms with Crippen LogP contribution >= 0.6 is 0 Å². The molecule has 1 aromatic heterocycles. The zero-order valence-electron chi connectivity index (χ0n) is 8.08. The number of rotatable bonds is 4. The fourth-order valence-electron chi connectivity index (χ4n) is 1.01. The lowest BCUT2D eigenvalue weighted by molar-refractivity contribution is 0.0577. The van der Waals surface area contributed by atoms with Crippen molar-refractivity contribution in [2.75, 3.05) is 0 Å². The van der Waals surface area contributed by atoms with Gasteiger partial charge < -0.3 is 19.8 Å². The smallest absolute Gasteiger partial charge is 0.509 e. The Hall–Kier alpha value is -1.05. The van der Waals surface area contributed by atoms with E-state index < -0.39 is 12.9 Å². The summed E-state index contributed by atoms with van der Waals surface area (Å²) in [5, 5.41) is 30.3. The van der Waals surface area contributed by atoms with E-state index in [1.54, 1.807) is 13.8 Å². The molecule has 1 rings (SSSR count). The molecule has 7 heteroatoms. The number of aliphatic hydroxyl groups is 1. The second-order valence-electron chi connectivity index (χ2n) is 3.63. The maximum absolute atomic E-state index is 9.46. The van der Waals surface area contributed by atoms with Crippen molar-refractivity contribution in [1.82, 2.24) is 9.78 Å². The van der Waals surface area contributed by atoms with Crippen LogP contribution in [0.25, 0.3) is 0 Å². The highest BCUT2D eigenvalue weighted by Gasteiger charge is 2.16. The highest BCUT2D eigenvalue weighted by Crippen LogP contribution is 2.11. The second-order valence-corrected chi connectivity index (χ2v) is 3.63. The van der Waals surface area contributed by atoms with Gasteiger partial charge >= 0.3 is 7.32 Å². The molecule has 0 atom stereocenters. The third kappa shape index (κ3) is 3.78. The summed E-state index contributed by atoms with van der Waals surface area (Å²) in [6.07, 6.45) is 2.81. The summed E-state index contributed by atoms with van der Waals surface area (Å²) in [5.41, 5.74) is -0.874. The van der Waals surface area contributed by atoms with Gasteiger partial charge in [-0.15, -0.1) is 0 Å². The van der Waals surface area contributed by atoms with Crippen molar-refractivity contribution in [3.05, 3.63) is 12.4 Å². The van der Waals surface area contributed by atoms with Gasteiger partial charge in [0.15, 0.2) is 0 Å². The summed E-state index contributed by atoms with van der Waals surface area (Å²) in [6.45, 7) is 3.60. The first-order valence-corrected chi connectivity index (χ1v) is 4.14. The summed E-state index contributed by atoms with van der Waals surface area (Å²) in [4.78, 5) is 0. The SMILES string of the molecule is CC(C)(O)Cn1cc(OB(O)O)cn1. The molecule has 0 spiro atoms. The largest absolute Gasteiger partial charge is 0.707 e. The van der Waals surface area contributed by atoms with Crippen LogP contribution in [-0.2, 0) is 6.54 Å². The molecule has 3 N–H and O–H groups in total. The Morgan fingerprint density at radius 2 is 2.21 bits per heavy atom. The van der Waals surface area contributed by atoms with E-state index in [9.17, 15) is 5.11 Å². The van der Waals surface area contributed by atoms with Crippen molar-refractivity contribution in [3.8, 4) is 5.75 Å². The normalized spacial score (nSPS) is 11.5. The van der Waals surface area contributed by atoms with Crippen LogP contribution in [0.1, 0.15) is 13.8 Å². The highest BCUT2D eigenvalue weighted by atomic mass is 16.6. The van der Waals surface area contributed by atoms with E-state index in [0.29, 0.717) is 6.54 Å². The lowest BCUT2D eigenvalue weighted by Crippen LogP contribution is -2.26. The predicted molar refractivity (Wildman–Crippen MR) is 49.3 cm³/mol. The minimum absolute atomic E-state index is 0.240. The third-order valence-corrected chi connectivity index (χ3v) is 1.40. The molecule has 1 aromatic rings.